The molecule has 1 unspecified atom stereocenters. The quantitative estimate of drug-likeness (QED) is 0.912. The van der Waals surface area contributed by atoms with Crippen molar-refractivity contribution in [1.82, 2.24) is 10.2 Å². The van der Waals surface area contributed by atoms with Gasteiger partial charge >= 0.3 is 0 Å². The van der Waals surface area contributed by atoms with Crippen LogP contribution in [0.15, 0.2) is 58.3 Å². The normalized spacial score (nSPS) is 21.4. The molecular weight excluding hydrogens is 336 g/mol. The Kier molecular flexibility index (Phi) is 4.50. The SMILES string of the molecule is O=S(=O)(c1ccccc1)c1ccc2c(c1)OCCC2N1CCNCC1. The van der Waals surface area contributed by atoms with Crippen LogP contribution in [0, 0.1) is 0 Å². The summed E-state index contributed by atoms with van der Waals surface area (Å²) in [6.45, 7) is 4.62. The Morgan fingerprint density at radius 1 is 1.00 bits per heavy atom. The molecule has 2 heterocycles. The van der Waals surface area contributed by atoms with Crippen molar-refractivity contribution in [3.8, 4) is 5.75 Å². The predicted molar refractivity (Wildman–Crippen MR) is 95.6 cm³/mol. The van der Waals surface area contributed by atoms with Crippen LogP contribution in [0.3, 0.4) is 0 Å². The van der Waals surface area contributed by atoms with Gasteiger partial charge in [-0.1, -0.05) is 24.3 Å². The minimum atomic E-state index is -3.52. The minimum absolute atomic E-state index is 0.290. The number of piperazine rings is 1. The number of fused-ring (bicyclic) bond motifs is 1. The molecule has 132 valence electrons. The molecule has 4 rings (SSSR count). The van der Waals surface area contributed by atoms with Crippen molar-refractivity contribution in [3.63, 3.8) is 0 Å². The molecule has 2 aromatic rings. The predicted octanol–water partition coefficient (Wildman–Crippen LogP) is 2.25. The third kappa shape index (κ3) is 3.17. The Hall–Kier alpha value is -1.89. The second kappa shape index (κ2) is 6.78. The molecule has 2 aromatic carbocycles. The Bertz CT molecular complexity index is 846. The van der Waals surface area contributed by atoms with Crippen LogP contribution < -0.4 is 10.1 Å². The van der Waals surface area contributed by atoms with Crippen molar-refractivity contribution in [2.24, 2.45) is 0 Å². The van der Waals surface area contributed by atoms with Crippen molar-refractivity contribution in [2.75, 3.05) is 32.8 Å². The lowest BCUT2D eigenvalue weighted by Crippen LogP contribution is -2.46. The van der Waals surface area contributed by atoms with E-state index in [4.69, 9.17) is 4.74 Å². The van der Waals surface area contributed by atoms with Crippen LogP contribution in [-0.2, 0) is 9.84 Å². The molecule has 0 saturated carbocycles. The topological polar surface area (TPSA) is 58.6 Å². The van der Waals surface area contributed by atoms with Crippen LogP contribution in [0.4, 0.5) is 0 Å². The molecule has 0 spiro atoms. The van der Waals surface area contributed by atoms with Gasteiger partial charge in [0.1, 0.15) is 5.75 Å². The molecule has 1 saturated heterocycles. The van der Waals surface area contributed by atoms with Crippen molar-refractivity contribution < 1.29 is 13.2 Å². The maximum absolute atomic E-state index is 12.8. The summed E-state index contributed by atoms with van der Waals surface area (Å²) < 4.78 is 31.5. The molecule has 25 heavy (non-hydrogen) atoms. The summed E-state index contributed by atoms with van der Waals surface area (Å²) in [5.41, 5.74) is 1.10. The number of nitrogens with one attached hydrogen (secondary N) is 1. The van der Waals surface area contributed by atoms with Gasteiger partial charge < -0.3 is 10.1 Å². The zero-order valence-electron chi connectivity index (χ0n) is 14.0. The molecular formula is C19H22N2O3S. The standard InChI is InChI=1S/C19H22N2O3S/c22-25(23,15-4-2-1-3-5-15)16-6-7-17-18(8-13-24-19(17)14-16)21-11-9-20-10-12-21/h1-7,14,18,20H,8-13H2. The van der Waals surface area contributed by atoms with E-state index in [2.05, 4.69) is 10.2 Å². The van der Waals surface area contributed by atoms with Gasteiger partial charge in [0, 0.05) is 44.2 Å². The van der Waals surface area contributed by atoms with Crippen LogP contribution in [-0.4, -0.2) is 46.1 Å². The molecule has 0 amide bonds. The Morgan fingerprint density at radius 3 is 2.52 bits per heavy atom. The highest BCUT2D eigenvalue weighted by atomic mass is 32.2. The number of hydrogen-bond acceptors (Lipinski definition) is 5. The average molecular weight is 358 g/mol. The number of ether oxygens (including phenoxy) is 1. The first-order chi connectivity index (χ1) is 12.2. The van der Waals surface area contributed by atoms with Gasteiger partial charge in [0.25, 0.3) is 0 Å². The van der Waals surface area contributed by atoms with E-state index in [1.54, 1.807) is 36.4 Å². The maximum atomic E-state index is 12.8. The van der Waals surface area contributed by atoms with Crippen LogP contribution in [0.5, 0.6) is 5.75 Å². The number of rotatable bonds is 3. The molecule has 1 N–H and O–H groups in total. The molecule has 6 heteroatoms. The smallest absolute Gasteiger partial charge is 0.206 e. The van der Waals surface area contributed by atoms with Gasteiger partial charge in [-0.05, 0) is 24.3 Å². The first-order valence-corrected chi connectivity index (χ1v) is 10.2. The van der Waals surface area contributed by atoms with E-state index in [0.717, 1.165) is 38.2 Å². The minimum Gasteiger partial charge on any atom is -0.493 e. The number of hydrogen-bond donors (Lipinski definition) is 1. The lowest BCUT2D eigenvalue weighted by Gasteiger charge is -2.38. The van der Waals surface area contributed by atoms with Gasteiger partial charge in [0.05, 0.1) is 16.4 Å². The molecule has 0 radical (unpaired) electrons. The average Bonchev–Trinajstić information content (AvgIpc) is 2.68. The van der Waals surface area contributed by atoms with Gasteiger partial charge in [0.2, 0.25) is 9.84 Å². The molecule has 2 aliphatic rings. The summed E-state index contributed by atoms with van der Waals surface area (Å²) in [7, 11) is -3.52. The Morgan fingerprint density at radius 2 is 1.76 bits per heavy atom. The fraction of sp³-hybridized carbons (Fsp3) is 0.368. The van der Waals surface area contributed by atoms with Crippen LogP contribution in [0.25, 0.3) is 0 Å². The van der Waals surface area contributed by atoms with Crippen LogP contribution in [0.1, 0.15) is 18.0 Å². The number of benzene rings is 2. The van der Waals surface area contributed by atoms with E-state index in [-0.39, 0.29) is 0 Å². The molecule has 1 fully saturated rings. The maximum Gasteiger partial charge on any atom is 0.206 e. The van der Waals surface area contributed by atoms with Crippen LogP contribution in [0.2, 0.25) is 0 Å². The van der Waals surface area contributed by atoms with Crippen LogP contribution >= 0.6 is 0 Å². The fourth-order valence-corrected chi connectivity index (χ4v) is 4.92. The summed E-state index contributed by atoms with van der Waals surface area (Å²) in [6.07, 6.45) is 0.942. The monoisotopic (exact) mass is 358 g/mol. The van der Waals surface area contributed by atoms with E-state index in [1.807, 2.05) is 12.1 Å². The van der Waals surface area contributed by atoms with Gasteiger partial charge in [-0.2, -0.15) is 0 Å². The molecule has 0 aromatic heterocycles. The Balaban J connectivity index is 1.68. The number of nitrogens with zero attached hydrogens (tertiary/aromatic N) is 1. The third-order valence-electron chi connectivity index (χ3n) is 4.95. The van der Waals surface area contributed by atoms with Crippen molar-refractivity contribution >= 4 is 9.84 Å². The zero-order valence-corrected chi connectivity index (χ0v) is 14.8. The first kappa shape index (κ1) is 16.6. The number of sulfone groups is 1. The molecule has 1 atom stereocenters. The Labute approximate surface area is 148 Å². The van der Waals surface area contributed by atoms with E-state index >= 15 is 0 Å². The second-order valence-corrected chi connectivity index (χ2v) is 8.40. The second-order valence-electron chi connectivity index (χ2n) is 6.46. The van der Waals surface area contributed by atoms with Gasteiger partial charge in [-0.15, -0.1) is 0 Å². The highest BCUT2D eigenvalue weighted by Crippen LogP contribution is 2.38. The summed E-state index contributed by atoms with van der Waals surface area (Å²) in [6, 6.07) is 14.2. The zero-order chi connectivity index (χ0) is 17.3. The summed E-state index contributed by atoms with van der Waals surface area (Å²) in [4.78, 5) is 3.06. The van der Waals surface area contributed by atoms with Crippen molar-refractivity contribution in [2.45, 2.75) is 22.3 Å². The lowest BCUT2D eigenvalue weighted by molar-refractivity contribution is 0.126. The molecule has 5 nitrogen and oxygen atoms in total. The largest absolute Gasteiger partial charge is 0.493 e. The third-order valence-corrected chi connectivity index (χ3v) is 6.72. The first-order valence-electron chi connectivity index (χ1n) is 8.68. The van der Waals surface area contributed by atoms with E-state index in [9.17, 15) is 8.42 Å². The van der Waals surface area contributed by atoms with Crippen molar-refractivity contribution in [3.05, 3.63) is 54.1 Å². The molecule has 0 bridgehead atoms. The van der Waals surface area contributed by atoms with E-state index in [1.165, 1.54) is 0 Å². The summed E-state index contributed by atoms with van der Waals surface area (Å²) in [5, 5.41) is 3.37. The lowest BCUT2D eigenvalue weighted by atomic mass is 9.98. The van der Waals surface area contributed by atoms with Gasteiger partial charge in [-0.3, -0.25) is 4.90 Å². The highest BCUT2D eigenvalue weighted by Gasteiger charge is 2.29. The van der Waals surface area contributed by atoms with E-state index < -0.39 is 9.84 Å². The fourth-order valence-electron chi connectivity index (χ4n) is 3.63. The van der Waals surface area contributed by atoms with Gasteiger partial charge in [-0.25, -0.2) is 8.42 Å². The summed E-state index contributed by atoms with van der Waals surface area (Å²) in [5.74, 6) is 0.701. The van der Waals surface area contributed by atoms with Crippen molar-refractivity contribution in [1.29, 1.82) is 0 Å². The molecule has 2 aliphatic heterocycles. The van der Waals surface area contributed by atoms with Gasteiger partial charge in [0.15, 0.2) is 0 Å². The molecule has 0 aliphatic carbocycles. The highest BCUT2D eigenvalue weighted by molar-refractivity contribution is 7.91. The summed E-state index contributed by atoms with van der Waals surface area (Å²) >= 11 is 0. The van der Waals surface area contributed by atoms with E-state index in [0.29, 0.717) is 28.2 Å².